The zero-order valence-corrected chi connectivity index (χ0v) is 13.7. The molecule has 6 heteroatoms. The van der Waals surface area contributed by atoms with Gasteiger partial charge >= 0.3 is 5.97 Å². The summed E-state index contributed by atoms with van der Waals surface area (Å²) in [6, 6.07) is 11.4. The third-order valence-electron chi connectivity index (χ3n) is 3.38. The monoisotopic (exact) mass is 329 g/mol. The van der Waals surface area contributed by atoms with Gasteiger partial charge in [0.05, 0.1) is 7.11 Å². The van der Waals surface area contributed by atoms with Crippen molar-refractivity contribution >= 4 is 17.6 Å². The number of methoxy groups -OCH3 is 1. The highest BCUT2D eigenvalue weighted by Gasteiger charge is 2.21. The highest BCUT2D eigenvalue weighted by Crippen LogP contribution is 2.20. The molecule has 6 nitrogen and oxygen atoms in total. The van der Waals surface area contributed by atoms with Crippen LogP contribution in [0.1, 0.15) is 22.8 Å². The van der Waals surface area contributed by atoms with Crippen molar-refractivity contribution in [3.05, 3.63) is 53.6 Å². The first-order valence-electron chi connectivity index (χ1n) is 7.36. The van der Waals surface area contributed by atoms with Gasteiger partial charge in [-0.15, -0.1) is 0 Å². The standard InChI is InChI=1S/C18H19NO5/c1-11-4-9-16(20)15(10-11)18(22)24-12(2)17(21)19-13-5-7-14(23-3)8-6-13/h4-10,12,20H,1-3H3,(H,19,21)/t12-/m0/s1. The van der Waals surface area contributed by atoms with Gasteiger partial charge in [0, 0.05) is 5.69 Å². The minimum Gasteiger partial charge on any atom is -0.507 e. The lowest BCUT2D eigenvalue weighted by Crippen LogP contribution is -2.30. The molecule has 0 aliphatic carbocycles. The van der Waals surface area contributed by atoms with E-state index in [1.807, 2.05) is 0 Å². The summed E-state index contributed by atoms with van der Waals surface area (Å²) < 4.78 is 10.2. The lowest BCUT2D eigenvalue weighted by Gasteiger charge is -2.14. The van der Waals surface area contributed by atoms with E-state index < -0.39 is 18.0 Å². The number of aromatic hydroxyl groups is 1. The van der Waals surface area contributed by atoms with Crippen LogP contribution in [-0.2, 0) is 9.53 Å². The molecule has 2 aromatic rings. The van der Waals surface area contributed by atoms with E-state index >= 15 is 0 Å². The number of esters is 1. The zero-order valence-electron chi connectivity index (χ0n) is 13.7. The van der Waals surface area contributed by atoms with Gasteiger partial charge in [0.2, 0.25) is 0 Å². The average molecular weight is 329 g/mol. The van der Waals surface area contributed by atoms with Gasteiger partial charge in [0.1, 0.15) is 17.1 Å². The fraction of sp³-hybridized carbons (Fsp3) is 0.222. The van der Waals surface area contributed by atoms with E-state index in [1.54, 1.807) is 44.4 Å². The number of aryl methyl sites for hydroxylation is 1. The van der Waals surface area contributed by atoms with Crippen molar-refractivity contribution in [2.24, 2.45) is 0 Å². The molecule has 2 rings (SSSR count). The number of nitrogens with one attached hydrogen (secondary N) is 1. The summed E-state index contributed by atoms with van der Waals surface area (Å²) >= 11 is 0. The number of anilines is 1. The third-order valence-corrected chi connectivity index (χ3v) is 3.38. The second-order valence-corrected chi connectivity index (χ2v) is 5.29. The molecule has 2 N–H and O–H groups in total. The number of phenolic OH excluding ortho intramolecular Hbond substituents is 1. The maximum atomic E-state index is 12.1. The van der Waals surface area contributed by atoms with E-state index in [4.69, 9.17) is 9.47 Å². The summed E-state index contributed by atoms with van der Waals surface area (Å²) in [5.41, 5.74) is 1.39. The maximum Gasteiger partial charge on any atom is 0.342 e. The van der Waals surface area contributed by atoms with E-state index in [9.17, 15) is 14.7 Å². The highest BCUT2D eigenvalue weighted by molar-refractivity contribution is 5.98. The summed E-state index contributed by atoms with van der Waals surface area (Å²) in [6.45, 7) is 3.25. The Morgan fingerprint density at radius 3 is 2.42 bits per heavy atom. The number of hydrogen-bond donors (Lipinski definition) is 2. The Bertz CT molecular complexity index is 740. The van der Waals surface area contributed by atoms with Crippen molar-refractivity contribution in [2.75, 3.05) is 12.4 Å². The maximum absolute atomic E-state index is 12.1. The van der Waals surface area contributed by atoms with Gasteiger partial charge in [-0.3, -0.25) is 4.79 Å². The van der Waals surface area contributed by atoms with E-state index in [1.165, 1.54) is 19.1 Å². The Morgan fingerprint density at radius 1 is 1.12 bits per heavy atom. The van der Waals surface area contributed by atoms with E-state index in [2.05, 4.69) is 5.32 Å². The number of hydrogen-bond acceptors (Lipinski definition) is 5. The van der Waals surface area contributed by atoms with Gasteiger partial charge in [-0.1, -0.05) is 11.6 Å². The first-order chi connectivity index (χ1) is 11.4. The van der Waals surface area contributed by atoms with Gasteiger partial charge in [0.15, 0.2) is 6.10 Å². The van der Waals surface area contributed by atoms with Crippen molar-refractivity contribution < 1.29 is 24.2 Å². The van der Waals surface area contributed by atoms with E-state index in [-0.39, 0.29) is 11.3 Å². The predicted molar refractivity (Wildman–Crippen MR) is 89.3 cm³/mol. The molecule has 2 aromatic carbocycles. The lowest BCUT2D eigenvalue weighted by molar-refractivity contribution is -0.123. The molecule has 126 valence electrons. The summed E-state index contributed by atoms with van der Waals surface area (Å²) in [6.07, 6.45) is -1.01. The molecule has 0 aromatic heterocycles. The summed E-state index contributed by atoms with van der Waals surface area (Å²) in [5.74, 6) is -0.745. The van der Waals surface area contributed by atoms with Crippen molar-refractivity contribution in [1.82, 2.24) is 0 Å². The zero-order chi connectivity index (χ0) is 17.7. The molecule has 0 spiro atoms. The molecule has 0 bridgehead atoms. The second kappa shape index (κ2) is 7.50. The average Bonchev–Trinajstić information content (AvgIpc) is 2.57. The third kappa shape index (κ3) is 4.25. The molecule has 0 heterocycles. The number of amides is 1. The molecule has 24 heavy (non-hydrogen) atoms. The molecule has 0 radical (unpaired) electrons. The van der Waals surface area contributed by atoms with Crippen LogP contribution >= 0.6 is 0 Å². The van der Waals surface area contributed by atoms with Crippen LogP contribution in [0.3, 0.4) is 0 Å². The summed E-state index contributed by atoms with van der Waals surface area (Å²) in [7, 11) is 1.55. The fourth-order valence-electron chi connectivity index (χ4n) is 2.01. The van der Waals surface area contributed by atoms with Crippen molar-refractivity contribution in [1.29, 1.82) is 0 Å². The number of carbonyl (C=O) groups is 2. The van der Waals surface area contributed by atoms with Crippen molar-refractivity contribution in [3.8, 4) is 11.5 Å². The molecule has 0 fully saturated rings. The molecule has 0 aliphatic heterocycles. The Labute approximate surface area is 140 Å². The quantitative estimate of drug-likeness (QED) is 0.824. The molecule has 0 saturated carbocycles. The topological polar surface area (TPSA) is 84.9 Å². The van der Waals surface area contributed by atoms with Crippen molar-refractivity contribution in [3.63, 3.8) is 0 Å². The first kappa shape index (κ1) is 17.3. The van der Waals surface area contributed by atoms with Gasteiger partial charge in [-0.25, -0.2) is 4.79 Å². The smallest absolute Gasteiger partial charge is 0.342 e. The van der Waals surface area contributed by atoms with Crippen LogP contribution in [0.5, 0.6) is 11.5 Å². The molecule has 0 unspecified atom stereocenters. The SMILES string of the molecule is COc1ccc(NC(=O)[C@H](C)OC(=O)c2cc(C)ccc2O)cc1. The van der Waals surface area contributed by atoms with Crippen LogP contribution in [0.25, 0.3) is 0 Å². The van der Waals surface area contributed by atoms with Gasteiger partial charge in [0.25, 0.3) is 5.91 Å². The summed E-state index contributed by atoms with van der Waals surface area (Å²) in [4.78, 5) is 24.2. The number of carbonyl (C=O) groups excluding carboxylic acids is 2. The van der Waals surface area contributed by atoms with Crippen LogP contribution in [0.15, 0.2) is 42.5 Å². The molecular weight excluding hydrogens is 310 g/mol. The Morgan fingerprint density at radius 2 is 1.79 bits per heavy atom. The largest absolute Gasteiger partial charge is 0.507 e. The van der Waals surface area contributed by atoms with Crippen LogP contribution in [0.4, 0.5) is 5.69 Å². The summed E-state index contributed by atoms with van der Waals surface area (Å²) in [5, 5.41) is 12.4. The predicted octanol–water partition coefficient (Wildman–Crippen LogP) is 2.89. The van der Waals surface area contributed by atoms with E-state index in [0.29, 0.717) is 11.4 Å². The number of benzene rings is 2. The second-order valence-electron chi connectivity index (χ2n) is 5.29. The molecule has 0 saturated heterocycles. The molecule has 0 aliphatic rings. The molecular formula is C18H19NO5. The number of rotatable bonds is 5. The Hall–Kier alpha value is -3.02. The highest BCUT2D eigenvalue weighted by atomic mass is 16.5. The normalized spacial score (nSPS) is 11.5. The van der Waals surface area contributed by atoms with Crippen LogP contribution < -0.4 is 10.1 Å². The van der Waals surface area contributed by atoms with Crippen LogP contribution in [-0.4, -0.2) is 30.2 Å². The molecule has 1 atom stereocenters. The van der Waals surface area contributed by atoms with Gasteiger partial charge in [-0.05, 0) is 50.2 Å². The fourth-order valence-corrected chi connectivity index (χ4v) is 2.01. The van der Waals surface area contributed by atoms with E-state index in [0.717, 1.165) is 5.56 Å². The van der Waals surface area contributed by atoms with Crippen LogP contribution in [0.2, 0.25) is 0 Å². The minimum atomic E-state index is -1.01. The van der Waals surface area contributed by atoms with Gasteiger partial charge < -0.3 is 19.9 Å². The first-order valence-corrected chi connectivity index (χ1v) is 7.36. The van der Waals surface area contributed by atoms with Crippen molar-refractivity contribution in [2.45, 2.75) is 20.0 Å². The number of ether oxygens (including phenoxy) is 2. The Balaban J connectivity index is 2.00. The lowest BCUT2D eigenvalue weighted by atomic mass is 10.1. The molecule has 1 amide bonds. The van der Waals surface area contributed by atoms with Gasteiger partial charge in [-0.2, -0.15) is 0 Å². The Kier molecular flexibility index (Phi) is 5.42. The van der Waals surface area contributed by atoms with Crippen LogP contribution in [0, 0.1) is 6.92 Å². The minimum absolute atomic E-state index is 0.0269. The number of phenols is 1.